The zero-order valence-electron chi connectivity index (χ0n) is 19.5. The lowest BCUT2D eigenvalue weighted by atomic mass is 10.0. The van der Waals surface area contributed by atoms with Gasteiger partial charge >= 0.3 is 6.09 Å². The Kier molecular flexibility index (Phi) is 7.57. The number of benzene rings is 1. The monoisotopic (exact) mass is 421 g/mol. The third kappa shape index (κ3) is 6.83. The van der Waals surface area contributed by atoms with Gasteiger partial charge in [-0.3, -0.25) is 4.90 Å². The molecule has 2 atom stereocenters. The highest BCUT2D eigenvalue weighted by atomic mass is 28.4. The third-order valence-corrected chi connectivity index (χ3v) is 10.3. The van der Waals surface area contributed by atoms with E-state index in [0.29, 0.717) is 19.8 Å². The van der Waals surface area contributed by atoms with Gasteiger partial charge in [0.1, 0.15) is 5.60 Å². The van der Waals surface area contributed by atoms with Gasteiger partial charge in [-0.2, -0.15) is 0 Å². The summed E-state index contributed by atoms with van der Waals surface area (Å²) in [5, 5.41) is 0.183. The van der Waals surface area contributed by atoms with Crippen LogP contribution in [0, 0.1) is 0 Å². The number of ether oxygens (including phenoxy) is 2. The average Bonchev–Trinajstić information content (AvgIpc) is 2.55. The molecule has 164 valence electrons. The molecule has 0 unspecified atom stereocenters. The Balaban J connectivity index is 2.03. The second-order valence-corrected chi connectivity index (χ2v) is 15.2. The van der Waals surface area contributed by atoms with Gasteiger partial charge in [-0.05, 0) is 50.9 Å². The minimum absolute atomic E-state index is 0.00747. The van der Waals surface area contributed by atoms with Crippen molar-refractivity contribution in [2.24, 2.45) is 0 Å². The average molecular weight is 422 g/mol. The highest BCUT2D eigenvalue weighted by Gasteiger charge is 2.42. The lowest BCUT2D eigenvalue weighted by Crippen LogP contribution is -2.58. The maximum atomic E-state index is 12.9. The number of carbonyl (C=O) groups is 1. The summed E-state index contributed by atoms with van der Waals surface area (Å²) >= 11 is 0. The Hall–Kier alpha value is -1.37. The van der Waals surface area contributed by atoms with Gasteiger partial charge in [0.05, 0.1) is 18.8 Å². The van der Waals surface area contributed by atoms with E-state index in [0.717, 1.165) is 12.0 Å². The van der Waals surface area contributed by atoms with E-state index >= 15 is 0 Å². The predicted octanol–water partition coefficient (Wildman–Crippen LogP) is 5.60. The van der Waals surface area contributed by atoms with Gasteiger partial charge in [-0.15, -0.1) is 0 Å². The molecule has 29 heavy (non-hydrogen) atoms. The minimum atomic E-state index is -1.78. The third-order valence-electron chi connectivity index (χ3n) is 5.81. The fraction of sp³-hybridized carbons (Fsp3) is 0.696. The number of carbonyl (C=O) groups excluding carboxylic acids is 1. The molecule has 0 saturated carbocycles. The first-order chi connectivity index (χ1) is 13.3. The van der Waals surface area contributed by atoms with Crippen molar-refractivity contribution in [3.63, 3.8) is 0 Å². The summed E-state index contributed by atoms with van der Waals surface area (Å²) in [4.78, 5) is 14.8. The number of nitrogens with zero attached hydrogens (tertiary/aromatic N) is 1. The summed E-state index contributed by atoms with van der Waals surface area (Å²) in [6.07, 6.45) is 0.478. The molecule has 1 aromatic carbocycles. The van der Waals surface area contributed by atoms with E-state index in [4.69, 9.17) is 13.9 Å². The zero-order chi connectivity index (χ0) is 21.9. The first kappa shape index (κ1) is 23.9. The summed E-state index contributed by atoms with van der Waals surface area (Å²) in [5.41, 5.74) is 0.555. The van der Waals surface area contributed by atoms with Crippen LogP contribution in [0.2, 0.25) is 18.1 Å². The van der Waals surface area contributed by atoms with Crippen LogP contribution in [-0.2, 0) is 20.4 Å². The maximum Gasteiger partial charge on any atom is 0.411 e. The Morgan fingerprint density at radius 2 is 1.76 bits per heavy atom. The van der Waals surface area contributed by atoms with E-state index in [1.165, 1.54) is 0 Å². The smallest absolute Gasteiger partial charge is 0.411 e. The second-order valence-electron chi connectivity index (χ2n) is 10.4. The van der Waals surface area contributed by atoms with Gasteiger partial charge in [-0.1, -0.05) is 51.1 Å². The molecule has 0 radical (unpaired) electrons. The fourth-order valence-electron chi connectivity index (χ4n) is 2.95. The van der Waals surface area contributed by atoms with Crippen LogP contribution in [0.5, 0.6) is 0 Å². The van der Waals surface area contributed by atoms with E-state index in [9.17, 15) is 4.79 Å². The van der Waals surface area contributed by atoms with Crippen LogP contribution in [0.3, 0.4) is 0 Å². The zero-order valence-corrected chi connectivity index (χ0v) is 20.5. The van der Waals surface area contributed by atoms with Crippen molar-refractivity contribution in [3.05, 3.63) is 35.9 Å². The molecule has 6 heteroatoms. The lowest BCUT2D eigenvalue weighted by molar-refractivity contribution is -0.139. The van der Waals surface area contributed by atoms with Gasteiger partial charge in [0.15, 0.2) is 8.32 Å². The topological polar surface area (TPSA) is 48.0 Å². The number of hydrogen-bond donors (Lipinski definition) is 0. The van der Waals surface area contributed by atoms with Crippen molar-refractivity contribution < 1.29 is 18.7 Å². The van der Waals surface area contributed by atoms with E-state index in [2.05, 4.69) is 33.9 Å². The molecule has 1 heterocycles. The Labute approximate surface area is 177 Å². The lowest BCUT2D eigenvalue weighted by Gasteiger charge is -2.45. The first-order valence-corrected chi connectivity index (χ1v) is 13.5. The van der Waals surface area contributed by atoms with Gasteiger partial charge < -0.3 is 13.9 Å². The Morgan fingerprint density at radius 1 is 1.14 bits per heavy atom. The Morgan fingerprint density at radius 3 is 2.24 bits per heavy atom. The van der Waals surface area contributed by atoms with E-state index in [-0.39, 0.29) is 23.3 Å². The largest absolute Gasteiger partial charge is 0.444 e. The molecule has 1 fully saturated rings. The van der Waals surface area contributed by atoms with Crippen LogP contribution in [0.4, 0.5) is 4.79 Å². The van der Waals surface area contributed by atoms with Crippen LogP contribution in [0.25, 0.3) is 0 Å². The highest BCUT2D eigenvalue weighted by molar-refractivity contribution is 6.74. The number of hydrogen-bond acceptors (Lipinski definition) is 4. The standard InChI is InChI=1S/C23H39NO4Si/c1-22(2,3)28-21(25)24(16-18-12-10-9-11-13-18)19-17-26-20(19)14-15-27-29(7,8)23(4,5)6/h9-13,19-20H,14-17H2,1-8H3/t19-,20-/m0/s1. The summed E-state index contributed by atoms with van der Waals surface area (Å²) < 4.78 is 17.8. The van der Waals surface area contributed by atoms with Crippen LogP contribution in [0.15, 0.2) is 30.3 Å². The molecule has 0 aromatic heterocycles. The molecule has 5 nitrogen and oxygen atoms in total. The summed E-state index contributed by atoms with van der Waals surface area (Å²) in [6, 6.07) is 10.0. The van der Waals surface area contributed by atoms with E-state index < -0.39 is 13.9 Å². The first-order valence-electron chi connectivity index (χ1n) is 10.6. The van der Waals surface area contributed by atoms with Crippen molar-refractivity contribution in [1.29, 1.82) is 0 Å². The molecular formula is C23H39NO4Si. The molecule has 1 aliphatic rings. The van der Waals surface area contributed by atoms with Crippen molar-refractivity contribution in [3.8, 4) is 0 Å². The molecule has 1 saturated heterocycles. The molecule has 0 bridgehead atoms. The molecule has 1 aliphatic heterocycles. The molecular weight excluding hydrogens is 382 g/mol. The van der Waals surface area contributed by atoms with Crippen LogP contribution in [-0.4, -0.2) is 50.3 Å². The fourth-order valence-corrected chi connectivity index (χ4v) is 4.01. The maximum absolute atomic E-state index is 12.9. The van der Waals surface area contributed by atoms with Crippen molar-refractivity contribution in [2.75, 3.05) is 13.2 Å². The normalized spacial score (nSPS) is 20.1. The van der Waals surface area contributed by atoms with Crippen molar-refractivity contribution in [2.45, 2.75) is 90.4 Å². The molecule has 0 N–H and O–H groups in total. The number of rotatable bonds is 7. The molecule has 1 aromatic rings. The van der Waals surface area contributed by atoms with Crippen molar-refractivity contribution >= 4 is 14.4 Å². The summed E-state index contributed by atoms with van der Waals surface area (Å²) in [6.45, 7) is 18.6. The van der Waals surface area contributed by atoms with Crippen LogP contribution < -0.4 is 0 Å². The predicted molar refractivity (Wildman–Crippen MR) is 120 cm³/mol. The minimum Gasteiger partial charge on any atom is -0.444 e. The Bertz CT molecular complexity index is 664. The summed E-state index contributed by atoms with van der Waals surface area (Å²) in [5.74, 6) is 0. The van der Waals surface area contributed by atoms with Gasteiger partial charge in [0.25, 0.3) is 0 Å². The van der Waals surface area contributed by atoms with Crippen molar-refractivity contribution in [1.82, 2.24) is 4.90 Å². The SMILES string of the molecule is CC(C)(C)OC(=O)N(Cc1ccccc1)[C@H]1CO[C@H]1CCO[Si](C)(C)C(C)(C)C. The molecule has 1 amide bonds. The summed E-state index contributed by atoms with van der Waals surface area (Å²) in [7, 11) is -1.78. The second kappa shape index (κ2) is 9.19. The molecule has 0 spiro atoms. The van der Waals surface area contributed by atoms with Gasteiger partial charge in [0, 0.05) is 13.2 Å². The molecule has 0 aliphatic carbocycles. The quantitative estimate of drug-likeness (QED) is 0.537. The van der Waals surface area contributed by atoms with Gasteiger partial charge in [-0.25, -0.2) is 4.79 Å². The van der Waals surface area contributed by atoms with E-state index in [1.807, 2.05) is 56.0 Å². The highest BCUT2D eigenvalue weighted by Crippen LogP contribution is 2.37. The van der Waals surface area contributed by atoms with E-state index in [1.54, 1.807) is 0 Å². The molecule has 2 rings (SSSR count). The number of amides is 1. The van der Waals surface area contributed by atoms with Crippen LogP contribution in [0.1, 0.15) is 53.5 Å². The van der Waals surface area contributed by atoms with Crippen LogP contribution >= 0.6 is 0 Å². The van der Waals surface area contributed by atoms with Gasteiger partial charge in [0.2, 0.25) is 0 Å².